The fraction of sp³-hybridized carbons (Fsp3) is 0.200. The second-order valence-electron chi connectivity index (χ2n) is 2.95. The zero-order valence-corrected chi connectivity index (χ0v) is 8.44. The van der Waals surface area contributed by atoms with E-state index >= 15 is 0 Å². The summed E-state index contributed by atoms with van der Waals surface area (Å²) in [5.74, 6) is 0.818. The van der Waals surface area contributed by atoms with Crippen LogP contribution in [0.4, 0.5) is 5.00 Å². The van der Waals surface area contributed by atoms with Crippen LogP contribution in [-0.4, -0.2) is 7.11 Å². The van der Waals surface area contributed by atoms with Crippen LogP contribution in [0.5, 0.6) is 5.75 Å². The molecule has 68 valence electrons. The van der Waals surface area contributed by atoms with E-state index in [0.29, 0.717) is 0 Å². The summed E-state index contributed by atoms with van der Waals surface area (Å²) in [4.78, 5) is 0. The number of fused-ring (bicyclic) bond motifs is 1. The molecule has 2 nitrogen and oxygen atoms in total. The lowest BCUT2D eigenvalue weighted by atomic mass is 10.1. The fourth-order valence-corrected chi connectivity index (χ4v) is 2.52. The molecule has 0 atom stereocenters. The molecule has 0 saturated carbocycles. The van der Waals surface area contributed by atoms with Gasteiger partial charge in [-0.05, 0) is 18.6 Å². The lowest BCUT2D eigenvalue weighted by Crippen LogP contribution is -1.87. The van der Waals surface area contributed by atoms with Gasteiger partial charge in [-0.3, -0.25) is 0 Å². The number of nitrogen functional groups attached to an aromatic ring is 1. The molecule has 0 unspecified atom stereocenters. The van der Waals surface area contributed by atoms with Crippen LogP contribution in [0, 0.1) is 6.92 Å². The lowest BCUT2D eigenvalue weighted by molar-refractivity contribution is 0.423. The third kappa shape index (κ3) is 1.16. The lowest BCUT2D eigenvalue weighted by Gasteiger charge is -2.00. The molecule has 0 spiro atoms. The largest absolute Gasteiger partial charge is 0.493 e. The molecule has 3 heteroatoms. The van der Waals surface area contributed by atoms with Crippen LogP contribution < -0.4 is 10.5 Å². The van der Waals surface area contributed by atoms with E-state index in [2.05, 4.69) is 19.1 Å². The number of hydrogen-bond acceptors (Lipinski definition) is 3. The molecule has 0 bridgehead atoms. The second kappa shape index (κ2) is 2.92. The maximum atomic E-state index is 5.83. The third-order valence-electron chi connectivity index (χ3n) is 2.11. The van der Waals surface area contributed by atoms with Gasteiger partial charge in [-0.1, -0.05) is 12.1 Å². The second-order valence-corrected chi connectivity index (χ2v) is 4.03. The topological polar surface area (TPSA) is 35.2 Å². The van der Waals surface area contributed by atoms with Gasteiger partial charge >= 0.3 is 0 Å². The molecule has 2 aromatic rings. The zero-order valence-electron chi connectivity index (χ0n) is 7.63. The van der Waals surface area contributed by atoms with Gasteiger partial charge in [0.15, 0.2) is 5.75 Å². The molecule has 2 rings (SSSR count). The van der Waals surface area contributed by atoms with E-state index in [1.165, 1.54) is 10.3 Å². The van der Waals surface area contributed by atoms with E-state index < -0.39 is 0 Å². The number of nitrogens with two attached hydrogens (primary N) is 1. The zero-order chi connectivity index (χ0) is 9.42. The minimum atomic E-state index is 0.756. The molecule has 0 amide bonds. The first-order valence-corrected chi connectivity index (χ1v) is 4.87. The van der Waals surface area contributed by atoms with E-state index in [9.17, 15) is 0 Å². The van der Waals surface area contributed by atoms with Gasteiger partial charge in [-0.15, -0.1) is 11.3 Å². The highest BCUT2D eigenvalue weighted by Crippen LogP contribution is 2.41. The molecule has 2 N–H and O–H groups in total. The van der Waals surface area contributed by atoms with Crippen molar-refractivity contribution in [3.05, 3.63) is 23.8 Å². The van der Waals surface area contributed by atoms with Crippen LogP contribution in [0.1, 0.15) is 5.56 Å². The minimum Gasteiger partial charge on any atom is -0.493 e. The minimum absolute atomic E-state index is 0.756. The number of aryl methyl sites for hydroxylation is 1. The van der Waals surface area contributed by atoms with Crippen molar-refractivity contribution >= 4 is 26.4 Å². The number of hydrogen-bond donors (Lipinski definition) is 1. The van der Waals surface area contributed by atoms with Gasteiger partial charge in [0, 0.05) is 10.1 Å². The van der Waals surface area contributed by atoms with E-state index in [-0.39, 0.29) is 0 Å². The van der Waals surface area contributed by atoms with Crippen LogP contribution in [-0.2, 0) is 0 Å². The Bertz CT molecular complexity index is 447. The molecule has 1 aromatic carbocycles. The van der Waals surface area contributed by atoms with Gasteiger partial charge in [-0.25, -0.2) is 0 Å². The molecule has 1 heterocycles. The summed E-state index contributed by atoms with van der Waals surface area (Å²) in [5, 5.41) is 1.90. The Hall–Kier alpha value is -1.22. The highest BCUT2D eigenvalue weighted by molar-refractivity contribution is 7.23. The van der Waals surface area contributed by atoms with Gasteiger partial charge in [0.1, 0.15) is 5.00 Å². The molecule has 13 heavy (non-hydrogen) atoms. The molecule has 0 radical (unpaired) electrons. The Morgan fingerprint density at radius 2 is 2.15 bits per heavy atom. The molecule has 1 aromatic heterocycles. The van der Waals surface area contributed by atoms with E-state index in [0.717, 1.165) is 16.1 Å². The Morgan fingerprint density at radius 1 is 1.38 bits per heavy atom. The van der Waals surface area contributed by atoms with Crippen molar-refractivity contribution in [2.24, 2.45) is 0 Å². The van der Waals surface area contributed by atoms with E-state index in [4.69, 9.17) is 10.5 Å². The predicted octanol–water partition coefficient (Wildman–Crippen LogP) is 2.80. The Kier molecular flexibility index (Phi) is 1.88. The third-order valence-corrected chi connectivity index (χ3v) is 3.07. The maximum Gasteiger partial charge on any atom is 0.161 e. The van der Waals surface area contributed by atoms with Crippen molar-refractivity contribution in [2.75, 3.05) is 12.8 Å². The monoisotopic (exact) mass is 193 g/mol. The average Bonchev–Trinajstić information content (AvgIpc) is 2.42. The van der Waals surface area contributed by atoms with Gasteiger partial charge in [0.05, 0.1) is 7.11 Å². The first-order chi connectivity index (χ1) is 6.24. The van der Waals surface area contributed by atoms with Crippen molar-refractivity contribution in [3.8, 4) is 5.75 Å². The maximum absolute atomic E-state index is 5.83. The molecular formula is C10H11NOS. The summed E-state index contributed by atoms with van der Waals surface area (Å²) >= 11 is 1.57. The Balaban J connectivity index is 2.88. The van der Waals surface area contributed by atoms with Gasteiger partial charge in [-0.2, -0.15) is 0 Å². The Morgan fingerprint density at radius 3 is 2.85 bits per heavy atom. The quantitative estimate of drug-likeness (QED) is 0.755. The van der Waals surface area contributed by atoms with Crippen molar-refractivity contribution < 1.29 is 4.74 Å². The van der Waals surface area contributed by atoms with Crippen LogP contribution in [0.15, 0.2) is 18.2 Å². The van der Waals surface area contributed by atoms with Crippen molar-refractivity contribution in [1.82, 2.24) is 0 Å². The molecule has 0 aliphatic rings. The molecule has 0 saturated heterocycles. The van der Waals surface area contributed by atoms with E-state index in [1.807, 2.05) is 6.07 Å². The van der Waals surface area contributed by atoms with Crippen molar-refractivity contribution in [2.45, 2.75) is 6.92 Å². The summed E-state index contributed by atoms with van der Waals surface area (Å²) in [5.41, 5.74) is 7.04. The summed E-state index contributed by atoms with van der Waals surface area (Å²) < 4.78 is 6.45. The molecule has 0 aliphatic heterocycles. The number of anilines is 1. The number of thiophene rings is 1. The first-order valence-electron chi connectivity index (χ1n) is 4.05. The van der Waals surface area contributed by atoms with Crippen LogP contribution in [0.2, 0.25) is 0 Å². The number of methoxy groups -OCH3 is 1. The summed E-state index contributed by atoms with van der Waals surface area (Å²) in [6, 6.07) is 6.16. The highest BCUT2D eigenvalue weighted by Gasteiger charge is 2.11. The summed E-state index contributed by atoms with van der Waals surface area (Å²) in [6.45, 7) is 2.07. The van der Waals surface area contributed by atoms with Gasteiger partial charge < -0.3 is 10.5 Å². The van der Waals surface area contributed by atoms with E-state index in [1.54, 1.807) is 18.4 Å². The smallest absolute Gasteiger partial charge is 0.161 e. The first kappa shape index (κ1) is 8.38. The fourth-order valence-electron chi connectivity index (χ4n) is 1.51. The number of rotatable bonds is 1. The summed E-state index contributed by atoms with van der Waals surface area (Å²) in [6.07, 6.45) is 0. The van der Waals surface area contributed by atoms with Crippen molar-refractivity contribution in [1.29, 1.82) is 0 Å². The standard InChI is InChI=1S/C10H11NOS/c1-6-4-3-5-7-8(6)9(12-2)10(11)13-7/h3-5H,11H2,1-2H3. The molecule has 0 fully saturated rings. The SMILES string of the molecule is COc1c(N)sc2cccc(C)c12. The van der Waals surface area contributed by atoms with Crippen molar-refractivity contribution in [3.63, 3.8) is 0 Å². The van der Waals surface area contributed by atoms with Crippen LogP contribution >= 0.6 is 11.3 Å². The van der Waals surface area contributed by atoms with Gasteiger partial charge in [0.2, 0.25) is 0 Å². The number of ether oxygens (including phenoxy) is 1. The van der Waals surface area contributed by atoms with Gasteiger partial charge in [0.25, 0.3) is 0 Å². The molecule has 0 aliphatic carbocycles. The average molecular weight is 193 g/mol. The molecular weight excluding hydrogens is 182 g/mol. The highest BCUT2D eigenvalue weighted by atomic mass is 32.1. The Labute approximate surface area is 80.9 Å². The number of benzene rings is 1. The predicted molar refractivity (Wildman–Crippen MR) is 57.5 cm³/mol. The van der Waals surface area contributed by atoms with Crippen LogP contribution in [0.25, 0.3) is 10.1 Å². The van der Waals surface area contributed by atoms with Crippen LogP contribution in [0.3, 0.4) is 0 Å². The normalized spacial score (nSPS) is 10.6. The summed E-state index contributed by atoms with van der Waals surface area (Å²) in [7, 11) is 1.66.